The fourth-order valence-corrected chi connectivity index (χ4v) is 5.25. The van der Waals surface area contributed by atoms with Gasteiger partial charge < -0.3 is 18.8 Å². The summed E-state index contributed by atoms with van der Waals surface area (Å²) in [6.45, 7) is 2.95. The van der Waals surface area contributed by atoms with Crippen LogP contribution in [0.2, 0.25) is 0 Å². The molecule has 9 heteroatoms. The Morgan fingerprint density at radius 1 is 1.00 bits per heavy atom. The Morgan fingerprint density at radius 2 is 1.68 bits per heavy atom. The number of ether oxygens (including phenoxy) is 3. The van der Waals surface area contributed by atoms with Crippen molar-refractivity contribution in [3.05, 3.63) is 41.2 Å². The standard InChI is InChI=1S/C25H26N2O7/c1-14-9-19(15(2)27(14)16-7-8-21-22(10-16)34-13-33-21)20(28)12-32-23(29)11-26-24(30)17-5-3-4-6-18(17)25(26)31/h7-10,17-18H,3-6,11-13H2,1-2H3. The van der Waals surface area contributed by atoms with Crippen molar-refractivity contribution in [2.75, 3.05) is 19.9 Å². The Labute approximate surface area is 196 Å². The molecule has 2 amide bonds. The topological polar surface area (TPSA) is 104 Å². The number of carbonyl (C=O) groups excluding carboxylic acids is 4. The van der Waals surface area contributed by atoms with Crippen LogP contribution < -0.4 is 9.47 Å². The normalized spacial score (nSPS) is 21.1. The number of aryl methyl sites for hydroxylation is 1. The summed E-state index contributed by atoms with van der Waals surface area (Å²) in [7, 11) is 0. The van der Waals surface area contributed by atoms with E-state index in [4.69, 9.17) is 14.2 Å². The van der Waals surface area contributed by atoms with Crippen LogP contribution in [0.15, 0.2) is 24.3 Å². The molecule has 5 rings (SSSR count). The van der Waals surface area contributed by atoms with Crippen LogP contribution in [0.3, 0.4) is 0 Å². The number of Topliss-reactive ketones (excluding diaryl/α,β-unsaturated/α-hetero) is 1. The van der Waals surface area contributed by atoms with Crippen LogP contribution in [-0.4, -0.2) is 53.0 Å². The number of carbonyl (C=O) groups is 4. The molecule has 0 N–H and O–H groups in total. The number of ketones is 1. The van der Waals surface area contributed by atoms with Crippen LogP contribution >= 0.6 is 0 Å². The smallest absolute Gasteiger partial charge is 0.326 e. The summed E-state index contributed by atoms with van der Waals surface area (Å²) in [4.78, 5) is 51.3. The number of hydrogen-bond acceptors (Lipinski definition) is 7. The van der Waals surface area contributed by atoms with Gasteiger partial charge in [0.15, 0.2) is 18.1 Å². The van der Waals surface area contributed by atoms with Crippen LogP contribution in [0.25, 0.3) is 5.69 Å². The second-order valence-corrected chi connectivity index (χ2v) is 9.00. The number of rotatable bonds is 6. The molecule has 178 valence electrons. The number of amides is 2. The van der Waals surface area contributed by atoms with Gasteiger partial charge in [-0.1, -0.05) is 12.8 Å². The molecule has 2 aliphatic heterocycles. The maximum Gasteiger partial charge on any atom is 0.326 e. The van der Waals surface area contributed by atoms with Crippen molar-refractivity contribution in [3.8, 4) is 17.2 Å². The van der Waals surface area contributed by atoms with E-state index in [1.807, 2.05) is 36.6 Å². The molecule has 1 saturated carbocycles. The van der Waals surface area contributed by atoms with Crippen molar-refractivity contribution in [1.82, 2.24) is 9.47 Å². The molecule has 0 radical (unpaired) electrons. The van der Waals surface area contributed by atoms with Gasteiger partial charge in [0.25, 0.3) is 0 Å². The van der Waals surface area contributed by atoms with E-state index >= 15 is 0 Å². The summed E-state index contributed by atoms with van der Waals surface area (Å²) >= 11 is 0. The Hall–Kier alpha value is -3.62. The lowest BCUT2D eigenvalue weighted by atomic mass is 9.81. The van der Waals surface area contributed by atoms with Gasteiger partial charge in [0.2, 0.25) is 24.4 Å². The Kier molecular flexibility index (Phi) is 5.63. The third-order valence-corrected chi connectivity index (χ3v) is 6.93. The molecule has 34 heavy (non-hydrogen) atoms. The molecule has 1 aliphatic carbocycles. The third-order valence-electron chi connectivity index (χ3n) is 6.93. The number of benzene rings is 1. The zero-order chi connectivity index (χ0) is 24.0. The van der Waals surface area contributed by atoms with E-state index in [9.17, 15) is 19.2 Å². The van der Waals surface area contributed by atoms with Gasteiger partial charge in [0.05, 0.1) is 11.8 Å². The first-order valence-corrected chi connectivity index (χ1v) is 11.5. The summed E-state index contributed by atoms with van der Waals surface area (Å²) in [5, 5.41) is 0. The maximum atomic E-state index is 12.8. The van der Waals surface area contributed by atoms with E-state index in [1.54, 1.807) is 6.07 Å². The highest BCUT2D eigenvalue weighted by Crippen LogP contribution is 2.38. The first-order chi connectivity index (χ1) is 16.3. The predicted molar refractivity (Wildman–Crippen MR) is 119 cm³/mol. The summed E-state index contributed by atoms with van der Waals surface area (Å²) < 4.78 is 17.9. The van der Waals surface area contributed by atoms with E-state index in [0.717, 1.165) is 29.1 Å². The van der Waals surface area contributed by atoms with Gasteiger partial charge in [-0.2, -0.15) is 0 Å². The molecule has 3 heterocycles. The SMILES string of the molecule is Cc1cc(C(=O)COC(=O)CN2C(=O)C3CCCCC3C2=O)c(C)n1-c1ccc2c(c1)OCO2. The molecule has 2 unspecified atom stereocenters. The molecule has 3 aliphatic rings. The minimum absolute atomic E-state index is 0.174. The molecule has 1 saturated heterocycles. The highest BCUT2D eigenvalue weighted by Gasteiger charge is 2.48. The molecular formula is C25H26N2O7. The van der Waals surface area contributed by atoms with E-state index in [1.165, 1.54) is 0 Å². The molecule has 9 nitrogen and oxygen atoms in total. The fraction of sp³-hybridized carbons (Fsp3) is 0.440. The van der Waals surface area contributed by atoms with E-state index in [-0.39, 0.29) is 36.2 Å². The van der Waals surface area contributed by atoms with Crippen molar-refractivity contribution in [2.24, 2.45) is 11.8 Å². The van der Waals surface area contributed by atoms with Gasteiger partial charge in [-0.3, -0.25) is 24.1 Å². The first-order valence-electron chi connectivity index (χ1n) is 11.5. The molecule has 2 aromatic rings. The minimum atomic E-state index is -0.765. The number of nitrogens with zero attached hydrogens (tertiary/aromatic N) is 2. The highest BCUT2D eigenvalue weighted by atomic mass is 16.7. The van der Waals surface area contributed by atoms with Gasteiger partial charge in [-0.15, -0.1) is 0 Å². The molecule has 2 atom stereocenters. The average Bonchev–Trinajstić information content (AvgIpc) is 3.48. The van der Waals surface area contributed by atoms with E-state index < -0.39 is 19.1 Å². The third kappa shape index (κ3) is 3.74. The number of fused-ring (bicyclic) bond motifs is 2. The van der Waals surface area contributed by atoms with E-state index in [2.05, 4.69) is 0 Å². The molecule has 0 spiro atoms. The monoisotopic (exact) mass is 466 g/mol. The number of hydrogen-bond donors (Lipinski definition) is 0. The maximum absolute atomic E-state index is 12.8. The highest BCUT2D eigenvalue weighted by molar-refractivity contribution is 6.07. The van der Waals surface area contributed by atoms with Crippen molar-refractivity contribution < 1.29 is 33.4 Å². The number of likely N-dealkylation sites (tertiary alicyclic amines) is 1. The molecule has 1 aromatic heterocycles. The second kappa shape index (κ2) is 8.62. The minimum Gasteiger partial charge on any atom is -0.456 e. The molecule has 2 fully saturated rings. The Bertz CT molecular complexity index is 1170. The van der Waals surface area contributed by atoms with Crippen LogP contribution in [-0.2, 0) is 19.1 Å². The zero-order valence-corrected chi connectivity index (χ0v) is 19.2. The first kappa shape index (κ1) is 22.2. The van der Waals surface area contributed by atoms with E-state index in [0.29, 0.717) is 35.6 Å². The van der Waals surface area contributed by atoms with Gasteiger partial charge in [0.1, 0.15) is 6.54 Å². The van der Waals surface area contributed by atoms with Crippen LogP contribution in [0.1, 0.15) is 47.4 Å². The van der Waals surface area contributed by atoms with Gasteiger partial charge in [0, 0.05) is 28.7 Å². The number of imide groups is 1. The quantitative estimate of drug-likeness (QED) is 0.366. The van der Waals surface area contributed by atoms with Gasteiger partial charge in [-0.25, -0.2) is 0 Å². The lowest BCUT2D eigenvalue weighted by Crippen LogP contribution is -2.37. The predicted octanol–water partition coefficient (Wildman–Crippen LogP) is 2.72. The number of esters is 1. The van der Waals surface area contributed by atoms with Crippen LogP contribution in [0.4, 0.5) is 0 Å². The van der Waals surface area contributed by atoms with Crippen LogP contribution in [0.5, 0.6) is 11.5 Å². The van der Waals surface area contributed by atoms with Crippen LogP contribution in [0, 0.1) is 25.7 Å². The zero-order valence-electron chi connectivity index (χ0n) is 19.2. The summed E-state index contributed by atoms with van der Waals surface area (Å²) in [6, 6.07) is 7.28. The summed E-state index contributed by atoms with van der Waals surface area (Å²) in [6.07, 6.45) is 3.19. The van der Waals surface area contributed by atoms with Gasteiger partial charge >= 0.3 is 5.97 Å². The fourth-order valence-electron chi connectivity index (χ4n) is 5.25. The second-order valence-electron chi connectivity index (χ2n) is 9.00. The molecule has 0 bridgehead atoms. The number of aromatic nitrogens is 1. The van der Waals surface area contributed by atoms with Crippen molar-refractivity contribution in [1.29, 1.82) is 0 Å². The Morgan fingerprint density at radius 3 is 2.38 bits per heavy atom. The van der Waals surface area contributed by atoms with Crippen molar-refractivity contribution >= 4 is 23.6 Å². The summed E-state index contributed by atoms with van der Waals surface area (Å²) in [5.41, 5.74) is 2.79. The summed E-state index contributed by atoms with van der Waals surface area (Å²) in [5.74, 6) is -1.06. The van der Waals surface area contributed by atoms with Crippen molar-refractivity contribution in [3.63, 3.8) is 0 Å². The lowest BCUT2D eigenvalue weighted by Gasteiger charge is -2.19. The van der Waals surface area contributed by atoms with Gasteiger partial charge in [-0.05, 0) is 44.9 Å². The largest absolute Gasteiger partial charge is 0.456 e. The Balaban J connectivity index is 1.24. The lowest BCUT2D eigenvalue weighted by molar-refractivity contribution is -0.152. The van der Waals surface area contributed by atoms with Crippen molar-refractivity contribution in [2.45, 2.75) is 39.5 Å². The molecular weight excluding hydrogens is 440 g/mol. The molecule has 1 aromatic carbocycles. The average molecular weight is 466 g/mol.